The maximum atomic E-state index is 5.43. The molecule has 0 unspecified atom stereocenters. The Balaban J connectivity index is 0.00000441. The minimum Gasteiger partial charge on any atom is -0.382 e. The van der Waals surface area contributed by atoms with Crippen LogP contribution in [0.15, 0.2) is 29.3 Å². The number of ether oxygens (including phenoxy) is 2. The average molecular weight is 421 g/mol. The van der Waals surface area contributed by atoms with Crippen LogP contribution in [-0.4, -0.2) is 58.4 Å². The minimum atomic E-state index is 0. The quantitative estimate of drug-likeness (QED) is 0.303. The molecule has 1 rings (SSSR count). The molecule has 0 saturated heterocycles. The molecule has 22 heavy (non-hydrogen) atoms. The fraction of sp³-hybridized carbons (Fsp3) is 0.562. The molecule has 0 saturated carbocycles. The van der Waals surface area contributed by atoms with Crippen molar-refractivity contribution in [2.24, 2.45) is 4.99 Å². The fourth-order valence-electron chi connectivity index (χ4n) is 1.98. The molecule has 0 bridgehead atoms. The van der Waals surface area contributed by atoms with Gasteiger partial charge >= 0.3 is 0 Å². The number of hydrogen-bond acceptors (Lipinski definition) is 3. The molecule has 5 nitrogen and oxygen atoms in total. The van der Waals surface area contributed by atoms with Crippen molar-refractivity contribution in [3.8, 4) is 0 Å². The summed E-state index contributed by atoms with van der Waals surface area (Å²) in [7, 11) is 5.50. The van der Waals surface area contributed by atoms with E-state index in [4.69, 9.17) is 9.47 Å². The summed E-state index contributed by atoms with van der Waals surface area (Å²) < 4.78 is 10.4. The molecular formula is C16H28IN3O2. The second kappa shape index (κ2) is 12.7. The van der Waals surface area contributed by atoms with Crippen LogP contribution in [0.1, 0.15) is 11.1 Å². The van der Waals surface area contributed by atoms with Gasteiger partial charge < -0.3 is 19.7 Å². The van der Waals surface area contributed by atoms with Crippen LogP contribution in [0.2, 0.25) is 0 Å². The van der Waals surface area contributed by atoms with Gasteiger partial charge in [-0.3, -0.25) is 4.99 Å². The number of methoxy groups -OCH3 is 1. The van der Waals surface area contributed by atoms with Gasteiger partial charge in [-0.2, -0.15) is 0 Å². The third-order valence-corrected chi connectivity index (χ3v) is 3.20. The van der Waals surface area contributed by atoms with Crippen molar-refractivity contribution in [1.29, 1.82) is 0 Å². The molecule has 0 amide bonds. The average Bonchev–Trinajstić information content (AvgIpc) is 2.49. The minimum absolute atomic E-state index is 0. The van der Waals surface area contributed by atoms with Crippen LogP contribution in [0.3, 0.4) is 0 Å². The van der Waals surface area contributed by atoms with Gasteiger partial charge in [0.15, 0.2) is 5.96 Å². The van der Waals surface area contributed by atoms with E-state index in [1.165, 1.54) is 11.1 Å². The first-order valence-corrected chi connectivity index (χ1v) is 7.22. The van der Waals surface area contributed by atoms with Crippen LogP contribution in [-0.2, 0) is 16.0 Å². The second-order valence-corrected chi connectivity index (χ2v) is 4.86. The van der Waals surface area contributed by atoms with Crippen molar-refractivity contribution in [2.75, 3.05) is 47.6 Å². The van der Waals surface area contributed by atoms with E-state index in [0.29, 0.717) is 19.8 Å². The van der Waals surface area contributed by atoms with Crippen molar-refractivity contribution in [1.82, 2.24) is 10.2 Å². The molecule has 0 fully saturated rings. The van der Waals surface area contributed by atoms with Crippen molar-refractivity contribution in [3.63, 3.8) is 0 Å². The lowest BCUT2D eigenvalue weighted by Gasteiger charge is -2.23. The van der Waals surface area contributed by atoms with E-state index in [2.05, 4.69) is 46.4 Å². The van der Waals surface area contributed by atoms with E-state index < -0.39 is 0 Å². The van der Waals surface area contributed by atoms with Crippen LogP contribution in [0.25, 0.3) is 0 Å². The number of aryl methyl sites for hydroxylation is 1. The Morgan fingerprint density at radius 1 is 1.23 bits per heavy atom. The van der Waals surface area contributed by atoms with Gasteiger partial charge in [-0.25, -0.2) is 0 Å². The van der Waals surface area contributed by atoms with Gasteiger partial charge in [0, 0.05) is 34.3 Å². The number of nitrogens with one attached hydrogen (secondary N) is 1. The first-order chi connectivity index (χ1) is 10.2. The summed E-state index contributed by atoms with van der Waals surface area (Å²) in [6, 6.07) is 8.40. The molecule has 0 spiro atoms. The zero-order chi connectivity index (χ0) is 15.5. The molecule has 1 aromatic carbocycles. The highest BCUT2D eigenvalue weighted by molar-refractivity contribution is 14.0. The molecule has 0 heterocycles. The summed E-state index contributed by atoms with van der Waals surface area (Å²) >= 11 is 0. The number of guanidine groups is 1. The maximum absolute atomic E-state index is 5.43. The second-order valence-electron chi connectivity index (χ2n) is 4.86. The Morgan fingerprint density at radius 3 is 2.59 bits per heavy atom. The highest BCUT2D eigenvalue weighted by Crippen LogP contribution is 2.09. The Labute approximate surface area is 151 Å². The van der Waals surface area contributed by atoms with E-state index >= 15 is 0 Å². The van der Waals surface area contributed by atoms with E-state index in [-0.39, 0.29) is 24.0 Å². The van der Waals surface area contributed by atoms with Crippen LogP contribution in [0, 0.1) is 6.92 Å². The highest BCUT2D eigenvalue weighted by Gasteiger charge is 2.07. The lowest BCUT2D eigenvalue weighted by Crippen LogP contribution is -2.40. The number of aliphatic imine (C=N–C) groups is 1. The van der Waals surface area contributed by atoms with Crippen molar-refractivity contribution < 1.29 is 9.47 Å². The van der Waals surface area contributed by atoms with E-state index in [9.17, 15) is 0 Å². The van der Waals surface area contributed by atoms with Gasteiger partial charge in [-0.05, 0) is 18.1 Å². The van der Waals surface area contributed by atoms with Crippen LogP contribution in [0.5, 0.6) is 0 Å². The van der Waals surface area contributed by atoms with Crippen molar-refractivity contribution >= 4 is 29.9 Å². The normalized spacial score (nSPS) is 11.0. The summed E-state index contributed by atoms with van der Waals surface area (Å²) in [5, 5.41) is 3.30. The topological polar surface area (TPSA) is 46.1 Å². The Morgan fingerprint density at radius 2 is 1.95 bits per heavy atom. The van der Waals surface area contributed by atoms with Gasteiger partial charge in [0.1, 0.15) is 0 Å². The Bertz CT molecular complexity index is 441. The Kier molecular flexibility index (Phi) is 12.2. The van der Waals surface area contributed by atoms with Crippen molar-refractivity contribution in [3.05, 3.63) is 35.4 Å². The summed E-state index contributed by atoms with van der Waals surface area (Å²) in [6.07, 6.45) is 0. The van der Waals surface area contributed by atoms with Crippen LogP contribution >= 0.6 is 24.0 Å². The van der Waals surface area contributed by atoms with E-state index in [1.54, 1.807) is 14.2 Å². The molecule has 126 valence electrons. The van der Waals surface area contributed by atoms with Gasteiger partial charge in [0.05, 0.1) is 19.8 Å². The summed E-state index contributed by atoms with van der Waals surface area (Å²) in [4.78, 5) is 6.41. The molecule has 0 atom stereocenters. The lowest BCUT2D eigenvalue weighted by molar-refractivity contribution is 0.0731. The molecule has 0 aliphatic rings. The molecule has 6 heteroatoms. The van der Waals surface area contributed by atoms with Gasteiger partial charge in [-0.1, -0.05) is 24.3 Å². The smallest absolute Gasteiger partial charge is 0.193 e. The predicted octanol–water partition coefficient (Wildman–Crippen LogP) is 2.28. The number of halogens is 1. The third kappa shape index (κ3) is 7.95. The monoisotopic (exact) mass is 421 g/mol. The first kappa shape index (κ1) is 21.1. The third-order valence-electron chi connectivity index (χ3n) is 3.20. The lowest BCUT2D eigenvalue weighted by atomic mass is 10.1. The van der Waals surface area contributed by atoms with Gasteiger partial charge in [0.25, 0.3) is 0 Å². The van der Waals surface area contributed by atoms with Gasteiger partial charge in [-0.15, -0.1) is 24.0 Å². The Hall–Kier alpha value is -0.860. The number of nitrogens with zero attached hydrogens (tertiary/aromatic N) is 2. The molecule has 0 aliphatic carbocycles. The largest absolute Gasteiger partial charge is 0.382 e. The van der Waals surface area contributed by atoms with E-state index in [1.807, 2.05) is 7.05 Å². The highest BCUT2D eigenvalue weighted by atomic mass is 127. The number of hydrogen-bond donors (Lipinski definition) is 1. The summed E-state index contributed by atoms with van der Waals surface area (Å²) in [5.74, 6) is 0.869. The fourth-order valence-corrected chi connectivity index (χ4v) is 1.98. The molecule has 1 aromatic rings. The van der Waals surface area contributed by atoms with Crippen LogP contribution < -0.4 is 5.32 Å². The van der Waals surface area contributed by atoms with Crippen LogP contribution in [0.4, 0.5) is 0 Å². The summed E-state index contributed by atoms with van der Waals surface area (Å²) in [5.41, 5.74) is 2.60. The zero-order valence-corrected chi connectivity index (χ0v) is 16.3. The molecule has 0 aromatic heterocycles. The SMILES string of the molecule is CN=C(NCCOCCOC)N(C)Cc1ccccc1C.I. The molecule has 1 N–H and O–H groups in total. The predicted molar refractivity (Wildman–Crippen MR) is 102 cm³/mol. The zero-order valence-electron chi connectivity index (χ0n) is 14.0. The molecular weight excluding hydrogens is 393 g/mol. The molecule has 0 radical (unpaired) electrons. The standard InChI is InChI=1S/C16H27N3O2.HI/c1-14-7-5-6-8-15(14)13-19(3)16(17-2)18-9-10-21-12-11-20-4;/h5-8H,9-13H2,1-4H3,(H,17,18);1H. The van der Waals surface area contributed by atoms with E-state index in [0.717, 1.165) is 19.0 Å². The summed E-state index contributed by atoms with van der Waals surface area (Å²) in [6.45, 7) is 5.58. The van der Waals surface area contributed by atoms with Crippen molar-refractivity contribution in [2.45, 2.75) is 13.5 Å². The number of benzene rings is 1. The maximum Gasteiger partial charge on any atom is 0.193 e. The molecule has 0 aliphatic heterocycles. The number of rotatable bonds is 8. The van der Waals surface area contributed by atoms with Gasteiger partial charge in [0.2, 0.25) is 0 Å². The first-order valence-electron chi connectivity index (χ1n) is 7.22.